The van der Waals surface area contributed by atoms with Crippen LogP contribution in [-0.2, 0) is 22.7 Å². The maximum Gasteiger partial charge on any atom is 0.234 e. The Morgan fingerprint density at radius 2 is 1.93 bits per heavy atom. The van der Waals surface area contributed by atoms with Gasteiger partial charge in [0.2, 0.25) is 5.91 Å². The van der Waals surface area contributed by atoms with E-state index in [0.29, 0.717) is 26.3 Å². The number of carbonyl (C=O) groups is 1. The lowest BCUT2D eigenvalue weighted by Gasteiger charge is -2.36. The average molecular weight is 398 g/mol. The Hall–Kier alpha value is -2.41. The molecule has 156 valence electrons. The van der Waals surface area contributed by atoms with Gasteiger partial charge in [-0.3, -0.25) is 9.69 Å². The van der Waals surface area contributed by atoms with Gasteiger partial charge in [-0.1, -0.05) is 42.5 Å². The molecule has 0 radical (unpaired) electrons. The summed E-state index contributed by atoms with van der Waals surface area (Å²) >= 11 is 0. The van der Waals surface area contributed by atoms with E-state index in [0.717, 1.165) is 42.1 Å². The molecule has 2 aromatic carbocycles. The van der Waals surface area contributed by atoms with E-state index >= 15 is 0 Å². The number of benzene rings is 2. The summed E-state index contributed by atoms with van der Waals surface area (Å²) in [4.78, 5) is 14.8. The van der Waals surface area contributed by atoms with Gasteiger partial charge in [0, 0.05) is 38.3 Å². The molecule has 0 spiro atoms. The molecular formula is C23H31N3O3. The molecule has 0 saturated carbocycles. The van der Waals surface area contributed by atoms with Crippen LogP contribution in [0.3, 0.4) is 0 Å². The second-order valence-corrected chi connectivity index (χ2v) is 7.16. The molecule has 3 rings (SSSR count). The fourth-order valence-electron chi connectivity index (χ4n) is 3.60. The summed E-state index contributed by atoms with van der Waals surface area (Å²) in [7, 11) is 1.69. The van der Waals surface area contributed by atoms with Gasteiger partial charge in [-0.2, -0.15) is 0 Å². The Balaban J connectivity index is 1.55. The summed E-state index contributed by atoms with van der Waals surface area (Å²) in [6.45, 7) is 6.71. The third kappa shape index (κ3) is 6.03. The smallest absolute Gasteiger partial charge is 0.234 e. The molecule has 1 aliphatic heterocycles. The molecule has 0 aromatic heterocycles. The van der Waals surface area contributed by atoms with Gasteiger partial charge in [0.25, 0.3) is 0 Å². The van der Waals surface area contributed by atoms with Gasteiger partial charge in [-0.15, -0.1) is 0 Å². The van der Waals surface area contributed by atoms with E-state index in [9.17, 15) is 4.79 Å². The summed E-state index contributed by atoms with van der Waals surface area (Å²) < 4.78 is 10.9. The topological polar surface area (TPSA) is 62.8 Å². The lowest BCUT2D eigenvalue weighted by molar-refractivity contribution is -0.123. The van der Waals surface area contributed by atoms with Gasteiger partial charge in [0.15, 0.2) is 0 Å². The molecule has 6 heteroatoms. The van der Waals surface area contributed by atoms with Crippen LogP contribution in [0.1, 0.15) is 29.7 Å². The lowest BCUT2D eigenvalue weighted by atomic mass is 10.0. The first-order valence-electron chi connectivity index (χ1n) is 10.2. The number of nitrogens with one attached hydrogen (secondary N) is 2. The molecule has 1 amide bonds. The molecule has 2 aromatic rings. The van der Waals surface area contributed by atoms with Crippen LogP contribution in [0.4, 0.5) is 0 Å². The van der Waals surface area contributed by atoms with Crippen LogP contribution in [0.15, 0.2) is 48.5 Å². The number of hydrogen-bond donors (Lipinski definition) is 2. The van der Waals surface area contributed by atoms with Crippen LogP contribution < -0.4 is 15.4 Å². The van der Waals surface area contributed by atoms with Crippen molar-refractivity contribution in [3.8, 4) is 5.75 Å². The van der Waals surface area contributed by atoms with E-state index in [1.165, 1.54) is 0 Å². The van der Waals surface area contributed by atoms with Crippen LogP contribution >= 0.6 is 0 Å². The molecule has 1 fully saturated rings. The number of rotatable bonds is 9. The minimum absolute atomic E-state index is 0.0326. The average Bonchev–Trinajstić information content (AvgIpc) is 2.77. The maximum absolute atomic E-state index is 12.6. The number of methoxy groups -OCH3 is 1. The lowest BCUT2D eigenvalue weighted by Crippen LogP contribution is -2.49. The summed E-state index contributed by atoms with van der Waals surface area (Å²) in [6.07, 6.45) is 0. The van der Waals surface area contributed by atoms with Crippen LogP contribution in [-0.4, -0.2) is 50.7 Å². The van der Waals surface area contributed by atoms with Crippen molar-refractivity contribution in [2.75, 3.05) is 39.9 Å². The Kier molecular flexibility index (Phi) is 8.04. The van der Waals surface area contributed by atoms with Gasteiger partial charge in [-0.05, 0) is 24.1 Å². The molecule has 1 saturated heterocycles. The quantitative estimate of drug-likeness (QED) is 0.681. The van der Waals surface area contributed by atoms with Crippen molar-refractivity contribution in [1.29, 1.82) is 0 Å². The highest BCUT2D eigenvalue weighted by Gasteiger charge is 2.27. The van der Waals surface area contributed by atoms with Gasteiger partial charge >= 0.3 is 0 Å². The van der Waals surface area contributed by atoms with Crippen molar-refractivity contribution in [2.45, 2.75) is 26.1 Å². The normalized spacial score (nSPS) is 17.1. The molecule has 0 bridgehead atoms. The van der Waals surface area contributed by atoms with Crippen molar-refractivity contribution < 1.29 is 14.3 Å². The molecule has 1 unspecified atom stereocenters. The van der Waals surface area contributed by atoms with Crippen LogP contribution in [0.2, 0.25) is 0 Å². The first kappa shape index (κ1) is 21.3. The van der Waals surface area contributed by atoms with Crippen molar-refractivity contribution in [3.63, 3.8) is 0 Å². The Bertz CT molecular complexity index is 779. The first-order valence-corrected chi connectivity index (χ1v) is 10.2. The predicted octanol–water partition coefficient (Wildman–Crippen LogP) is 2.49. The number of ether oxygens (including phenoxy) is 2. The molecule has 29 heavy (non-hydrogen) atoms. The summed E-state index contributed by atoms with van der Waals surface area (Å²) in [6, 6.07) is 16.3. The molecule has 2 N–H and O–H groups in total. The monoisotopic (exact) mass is 397 g/mol. The van der Waals surface area contributed by atoms with E-state index in [1.54, 1.807) is 7.11 Å². The molecule has 0 aliphatic carbocycles. The Morgan fingerprint density at radius 3 is 2.69 bits per heavy atom. The molecule has 1 aliphatic rings. The Morgan fingerprint density at radius 1 is 1.17 bits per heavy atom. The van der Waals surface area contributed by atoms with Crippen LogP contribution in [0.25, 0.3) is 0 Å². The van der Waals surface area contributed by atoms with E-state index in [2.05, 4.69) is 21.6 Å². The number of piperazine rings is 1. The first-order chi connectivity index (χ1) is 14.2. The fraction of sp³-hybridized carbons (Fsp3) is 0.435. The molecule has 1 atom stereocenters. The fourth-order valence-corrected chi connectivity index (χ4v) is 3.60. The minimum Gasteiger partial charge on any atom is -0.496 e. The highest BCUT2D eigenvalue weighted by Crippen LogP contribution is 2.29. The molecular weight excluding hydrogens is 366 g/mol. The molecule has 6 nitrogen and oxygen atoms in total. The number of para-hydroxylation sites is 1. The zero-order valence-corrected chi connectivity index (χ0v) is 17.3. The second kappa shape index (κ2) is 11.0. The number of amides is 1. The van der Waals surface area contributed by atoms with E-state index in [-0.39, 0.29) is 11.9 Å². The van der Waals surface area contributed by atoms with E-state index < -0.39 is 0 Å². The van der Waals surface area contributed by atoms with Crippen LogP contribution in [0.5, 0.6) is 5.75 Å². The van der Waals surface area contributed by atoms with E-state index in [1.807, 2.05) is 49.4 Å². The zero-order chi connectivity index (χ0) is 20.5. The zero-order valence-electron chi connectivity index (χ0n) is 17.3. The maximum atomic E-state index is 12.6. The Labute approximate surface area is 173 Å². The third-order valence-electron chi connectivity index (χ3n) is 5.18. The van der Waals surface area contributed by atoms with Crippen LogP contribution in [0, 0.1) is 0 Å². The largest absolute Gasteiger partial charge is 0.496 e. The van der Waals surface area contributed by atoms with Crippen molar-refractivity contribution in [2.24, 2.45) is 0 Å². The van der Waals surface area contributed by atoms with Gasteiger partial charge in [0.1, 0.15) is 5.75 Å². The predicted molar refractivity (Wildman–Crippen MR) is 114 cm³/mol. The highest BCUT2D eigenvalue weighted by molar-refractivity contribution is 5.78. The summed E-state index contributed by atoms with van der Waals surface area (Å²) in [5.41, 5.74) is 3.34. The number of carbonyl (C=O) groups excluding carboxylic acids is 1. The van der Waals surface area contributed by atoms with Crippen molar-refractivity contribution in [3.05, 3.63) is 65.2 Å². The third-order valence-corrected chi connectivity index (χ3v) is 5.18. The number of hydrogen-bond acceptors (Lipinski definition) is 5. The van der Waals surface area contributed by atoms with Gasteiger partial charge < -0.3 is 20.1 Å². The summed E-state index contributed by atoms with van der Waals surface area (Å²) in [5.74, 6) is 0.893. The highest BCUT2D eigenvalue weighted by atomic mass is 16.5. The van der Waals surface area contributed by atoms with Gasteiger partial charge in [0.05, 0.1) is 26.3 Å². The number of nitrogens with zero attached hydrogens (tertiary/aromatic N) is 1. The van der Waals surface area contributed by atoms with Gasteiger partial charge in [-0.25, -0.2) is 0 Å². The minimum atomic E-state index is 0.0326. The van der Waals surface area contributed by atoms with E-state index in [4.69, 9.17) is 9.47 Å². The SMILES string of the molecule is CCOCc1ccc(CNC(=O)CN2CCNCC2c2ccccc2OC)cc1. The second-order valence-electron chi connectivity index (χ2n) is 7.16. The standard InChI is InChI=1S/C23H31N3O3/c1-3-29-17-19-10-8-18(9-11-19)14-25-23(27)16-26-13-12-24-15-21(26)20-6-4-5-7-22(20)28-2/h4-11,21,24H,3,12-17H2,1-2H3,(H,25,27). The van der Waals surface area contributed by atoms with Crippen molar-refractivity contribution >= 4 is 5.91 Å². The van der Waals surface area contributed by atoms with Crippen molar-refractivity contribution in [1.82, 2.24) is 15.5 Å². The summed E-state index contributed by atoms with van der Waals surface area (Å²) in [5, 5.41) is 6.47. The molecule has 1 heterocycles.